The molecule has 12 atom stereocenters. The molecule has 1 heterocycles. The van der Waals surface area contributed by atoms with Gasteiger partial charge in [0.25, 0.3) is 0 Å². The number of carbonyl (C=O) groups is 2. The van der Waals surface area contributed by atoms with Gasteiger partial charge in [-0.3, -0.25) is 9.59 Å². The van der Waals surface area contributed by atoms with Crippen molar-refractivity contribution in [1.82, 2.24) is 0 Å². The number of rotatable bonds is 2. The van der Waals surface area contributed by atoms with Crippen molar-refractivity contribution >= 4 is 11.6 Å². The van der Waals surface area contributed by atoms with E-state index < -0.39 is 12.2 Å². The summed E-state index contributed by atoms with van der Waals surface area (Å²) in [6, 6.07) is 0. The maximum atomic E-state index is 13.4. The van der Waals surface area contributed by atoms with E-state index in [9.17, 15) is 19.8 Å². The first-order chi connectivity index (χ1) is 15.0. The van der Waals surface area contributed by atoms with E-state index in [1.807, 2.05) is 13.8 Å². The van der Waals surface area contributed by atoms with Crippen molar-refractivity contribution in [2.24, 2.45) is 52.3 Å². The summed E-state index contributed by atoms with van der Waals surface area (Å²) in [5.41, 5.74) is -0.287. The first-order valence-corrected chi connectivity index (χ1v) is 13.1. The van der Waals surface area contributed by atoms with Crippen molar-refractivity contribution in [3.05, 3.63) is 0 Å². The number of hydrogen-bond donors (Lipinski definition) is 2. The van der Waals surface area contributed by atoms with Crippen molar-refractivity contribution in [2.45, 2.75) is 104 Å². The standard InChI is InChI=1S/C27H42O5/c1-13(2)25(31)22-8-14(3)23-21(32-22)11-17-16-10-19(29)18-9-15(28)6-7-26(18,4)24(16)20(30)12-27(17,23)5/h13-18,20-24,28,30H,6-12H2,1-5H3/t14-,15-,16-,17-,18-,20+,21-,22+,23-,24+,26-,27-/m0/s1. The van der Waals surface area contributed by atoms with Crippen molar-refractivity contribution in [3.8, 4) is 0 Å². The molecule has 5 fully saturated rings. The molecular weight excluding hydrogens is 404 g/mol. The van der Waals surface area contributed by atoms with Gasteiger partial charge in [0.2, 0.25) is 0 Å². The molecule has 180 valence electrons. The van der Waals surface area contributed by atoms with Crippen LogP contribution < -0.4 is 0 Å². The summed E-state index contributed by atoms with van der Waals surface area (Å²) in [4.78, 5) is 26.1. The number of aliphatic hydroxyl groups excluding tert-OH is 2. The van der Waals surface area contributed by atoms with E-state index in [-0.39, 0.29) is 52.5 Å². The number of hydrogen-bond acceptors (Lipinski definition) is 5. The SMILES string of the molecule is CC(C)C(=O)[C@H]1C[C@H](C)[C@H]2[C@H](C[C@H]3[C@@H]4CC(=O)[C@@H]5C[C@@H](O)CC[C@]5(C)[C@H]4[C@H](O)C[C@]23C)O1. The summed E-state index contributed by atoms with van der Waals surface area (Å²) in [7, 11) is 0. The first kappa shape index (κ1) is 23.0. The molecule has 32 heavy (non-hydrogen) atoms. The molecule has 0 aromatic rings. The molecule has 0 unspecified atom stereocenters. The quantitative estimate of drug-likeness (QED) is 0.674. The molecule has 1 aliphatic heterocycles. The van der Waals surface area contributed by atoms with Crippen LogP contribution in [-0.2, 0) is 14.3 Å². The molecule has 4 aliphatic carbocycles. The zero-order valence-electron chi connectivity index (χ0n) is 20.4. The van der Waals surface area contributed by atoms with Crippen LogP contribution in [-0.4, -0.2) is 46.2 Å². The second-order valence-corrected chi connectivity index (χ2v) is 12.9. The average Bonchev–Trinajstić information content (AvgIpc) is 3.01. The molecular formula is C27H42O5. The first-order valence-electron chi connectivity index (χ1n) is 13.1. The zero-order valence-corrected chi connectivity index (χ0v) is 20.4. The van der Waals surface area contributed by atoms with E-state index >= 15 is 0 Å². The van der Waals surface area contributed by atoms with Crippen LogP contribution >= 0.6 is 0 Å². The number of Topliss-reactive ketones (excluding diaryl/α,β-unsaturated/α-hetero) is 2. The predicted octanol–water partition coefficient (Wildman–Crippen LogP) is 3.78. The number of ketones is 2. The molecule has 0 spiro atoms. The average molecular weight is 447 g/mol. The second kappa shape index (κ2) is 7.61. The predicted molar refractivity (Wildman–Crippen MR) is 121 cm³/mol. The Morgan fingerprint density at radius 1 is 1.09 bits per heavy atom. The van der Waals surface area contributed by atoms with E-state index in [1.54, 1.807) is 0 Å². The summed E-state index contributed by atoms with van der Waals surface area (Å²) < 4.78 is 6.50. The van der Waals surface area contributed by atoms with E-state index in [0.29, 0.717) is 36.4 Å². The molecule has 1 saturated heterocycles. The van der Waals surface area contributed by atoms with E-state index in [2.05, 4.69) is 20.8 Å². The Hall–Kier alpha value is -0.780. The van der Waals surface area contributed by atoms with Crippen molar-refractivity contribution in [1.29, 1.82) is 0 Å². The van der Waals surface area contributed by atoms with Crippen LogP contribution in [0.15, 0.2) is 0 Å². The van der Waals surface area contributed by atoms with Crippen LogP contribution in [0.1, 0.15) is 79.6 Å². The van der Waals surface area contributed by atoms with Gasteiger partial charge < -0.3 is 14.9 Å². The lowest BCUT2D eigenvalue weighted by Gasteiger charge is -2.62. The van der Waals surface area contributed by atoms with E-state index in [1.165, 1.54) is 0 Å². The topological polar surface area (TPSA) is 83.8 Å². The third-order valence-corrected chi connectivity index (χ3v) is 10.9. The zero-order chi connectivity index (χ0) is 23.2. The monoisotopic (exact) mass is 446 g/mol. The van der Waals surface area contributed by atoms with Crippen molar-refractivity contribution in [3.63, 3.8) is 0 Å². The largest absolute Gasteiger partial charge is 0.393 e. The third kappa shape index (κ3) is 3.13. The molecule has 4 saturated carbocycles. The van der Waals surface area contributed by atoms with Gasteiger partial charge in [-0.15, -0.1) is 0 Å². The molecule has 5 rings (SSSR count). The number of aliphatic hydroxyl groups is 2. The minimum absolute atomic E-state index is 0.0243. The molecule has 5 aliphatic rings. The molecule has 5 heteroatoms. The number of carbonyl (C=O) groups excluding carboxylic acids is 2. The molecule has 0 aromatic carbocycles. The van der Waals surface area contributed by atoms with Gasteiger partial charge in [0.1, 0.15) is 11.9 Å². The molecule has 0 bridgehead atoms. The van der Waals surface area contributed by atoms with Crippen molar-refractivity contribution in [2.75, 3.05) is 0 Å². The van der Waals surface area contributed by atoms with Gasteiger partial charge in [-0.05, 0) is 78.9 Å². The van der Waals surface area contributed by atoms with Crippen LogP contribution in [0, 0.1) is 52.3 Å². The Morgan fingerprint density at radius 2 is 1.81 bits per heavy atom. The minimum atomic E-state index is -0.418. The van der Waals surface area contributed by atoms with Crippen LogP contribution in [0.4, 0.5) is 0 Å². The van der Waals surface area contributed by atoms with Gasteiger partial charge in [-0.25, -0.2) is 0 Å². The summed E-state index contributed by atoms with van der Waals surface area (Å²) >= 11 is 0. The Kier molecular flexibility index (Phi) is 5.47. The van der Waals surface area contributed by atoms with Gasteiger partial charge in [-0.1, -0.05) is 34.6 Å². The summed E-state index contributed by atoms with van der Waals surface area (Å²) in [6.45, 7) is 10.7. The summed E-state index contributed by atoms with van der Waals surface area (Å²) in [5.74, 6) is 1.67. The molecule has 2 N–H and O–H groups in total. The fourth-order valence-electron chi connectivity index (χ4n) is 9.65. The lowest BCUT2D eigenvalue weighted by molar-refractivity contribution is -0.188. The lowest BCUT2D eigenvalue weighted by atomic mass is 9.43. The Balaban J connectivity index is 1.47. The Labute approximate surface area is 192 Å². The lowest BCUT2D eigenvalue weighted by Crippen LogP contribution is -2.61. The smallest absolute Gasteiger partial charge is 0.164 e. The second-order valence-electron chi connectivity index (χ2n) is 12.9. The highest BCUT2D eigenvalue weighted by atomic mass is 16.5. The van der Waals surface area contributed by atoms with E-state index in [0.717, 1.165) is 32.1 Å². The number of fused-ring (bicyclic) bond motifs is 7. The minimum Gasteiger partial charge on any atom is -0.393 e. The highest BCUT2D eigenvalue weighted by molar-refractivity contribution is 5.85. The highest BCUT2D eigenvalue weighted by Crippen LogP contribution is 2.68. The maximum absolute atomic E-state index is 13.4. The van der Waals surface area contributed by atoms with Crippen LogP contribution in [0.5, 0.6) is 0 Å². The van der Waals surface area contributed by atoms with Crippen LogP contribution in [0.3, 0.4) is 0 Å². The molecule has 0 amide bonds. The fourth-order valence-corrected chi connectivity index (χ4v) is 9.65. The van der Waals surface area contributed by atoms with Gasteiger partial charge in [0, 0.05) is 18.3 Å². The molecule has 0 aromatic heterocycles. The van der Waals surface area contributed by atoms with Crippen LogP contribution in [0.25, 0.3) is 0 Å². The van der Waals surface area contributed by atoms with Crippen molar-refractivity contribution < 1.29 is 24.5 Å². The fraction of sp³-hybridized carbons (Fsp3) is 0.926. The van der Waals surface area contributed by atoms with Gasteiger partial charge in [0.15, 0.2) is 5.78 Å². The normalized spacial score (nSPS) is 55.1. The van der Waals surface area contributed by atoms with Crippen LogP contribution in [0.2, 0.25) is 0 Å². The number of ether oxygens (including phenoxy) is 1. The van der Waals surface area contributed by atoms with Gasteiger partial charge in [-0.2, -0.15) is 0 Å². The third-order valence-electron chi connectivity index (χ3n) is 10.9. The summed E-state index contributed by atoms with van der Waals surface area (Å²) in [6.07, 6.45) is 3.96. The van der Waals surface area contributed by atoms with Gasteiger partial charge in [0.05, 0.1) is 18.3 Å². The molecule has 5 nitrogen and oxygen atoms in total. The maximum Gasteiger partial charge on any atom is 0.164 e. The Bertz CT molecular complexity index is 793. The summed E-state index contributed by atoms with van der Waals surface area (Å²) in [5, 5.41) is 21.8. The molecule has 0 radical (unpaired) electrons. The highest BCUT2D eigenvalue weighted by Gasteiger charge is 2.68. The van der Waals surface area contributed by atoms with E-state index in [4.69, 9.17) is 4.74 Å². The van der Waals surface area contributed by atoms with Gasteiger partial charge >= 0.3 is 0 Å². The Morgan fingerprint density at radius 3 is 2.50 bits per heavy atom.